The Morgan fingerprint density at radius 2 is 1.94 bits per heavy atom. The number of thioether (sulfide) groups is 1. The maximum absolute atomic E-state index is 4.69. The SMILES string of the molecule is CCSCCCCc1ccc2ccccc2n1. The molecule has 1 aromatic heterocycles. The van der Waals surface area contributed by atoms with Crippen molar-refractivity contribution >= 4 is 22.7 Å². The van der Waals surface area contributed by atoms with Crippen LogP contribution in [0.2, 0.25) is 0 Å². The highest BCUT2D eigenvalue weighted by molar-refractivity contribution is 7.99. The van der Waals surface area contributed by atoms with Crippen LogP contribution >= 0.6 is 11.8 Å². The highest BCUT2D eigenvalue weighted by Gasteiger charge is 1.98. The maximum Gasteiger partial charge on any atom is 0.0705 e. The number of pyridine rings is 1. The zero-order chi connectivity index (χ0) is 11.9. The Morgan fingerprint density at radius 1 is 1.06 bits per heavy atom. The molecule has 0 aliphatic rings. The molecular formula is C15H19NS. The molecule has 90 valence electrons. The van der Waals surface area contributed by atoms with Gasteiger partial charge >= 0.3 is 0 Å². The number of fused-ring (bicyclic) bond motifs is 1. The monoisotopic (exact) mass is 245 g/mol. The smallest absolute Gasteiger partial charge is 0.0705 e. The third-order valence-electron chi connectivity index (χ3n) is 2.83. The van der Waals surface area contributed by atoms with Crippen LogP contribution < -0.4 is 0 Å². The molecule has 2 heteroatoms. The summed E-state index contributed by atoms with van der Waals surface area (Å²) in [6, 6.07) is 12.7. The van der Waals surface area contributed by atoms with Crippen molar-refractivity contribution in [2.75, 3.05) is 11.5 Å². The number of para-hydroxylation sites is 1. The third-order valence-corrected chi connectivity index (χ3v) is 3.82. The molecule has 0 N–H and O–H groups in total. The van der Waals surface area contributed by atoms with E-state index in [1.165, 1.54) is 35.4 Å². The lowest BCUT2D eigenvalue weighted by atomic mass is 10.1. The largest absolute Gasteiger partial charge is 0.253 e. The highest BCUT2D eigenvalue weighted by atomic mass is 32.2. The summed E-state index contributed by atoms with van der Waals surface area (Å²) in [5.74, 6) is 2.51. The summed E-state index contributed by atoms with van der Waals surface area (Å²) >= 11 is 2.03. The van der Waals surface area contributed by atoms with Gasteiger partial charge in [0.15, 0.2) is 0 Å². The first-order valence-corrected chi connectivity index (χ1v) is 7.48. The lowest BCUT2D eigenvalue weighted by Crippen LogP contribution is -1.92. The Labute approximate surface area is 108 Å². The number of nitrogens with zero attached hydrogens (tertiary/aromatic N) is 1. The standard InChI is InChI=1S/C15H19NS/c1-2-17-12-6-5-8-14-11-10-13-7-3-4-9-15(13)16-14/h3-4,7,9-11H,2,5-6,8,12H2,1H3. The molecule has 0 spiro atoms. The molecule has 2 aromatic rings. The average molecular weight is 245 g/mol. The summed E-state index contributed by atoms with van der Waals surface area (Å²) in [6.07, 6.45) is 3.65. The van der Waals surface area contributed by atoms with E-state index in [9.17, 15) is 0 Å². The van der Waals surface area contributed by atoms with Gasteiger partial charge in [-0.25, -0.2) is 0 Å². The predicted molar refractivity (Wildman–Crippen MR) is 77.7 cm³/mol. The molecule has 0 fully saturated rings. The van der Waals surface area contributed by atoms with Crippen molar-refractivity contribution in [2.24, 2.45) is 0 Å². The summed E-state index contributed by atoms with van der Waals surface area (Å²) in [4.78, 5) is 4.69. The van der Waals surface area contributed by atoms with Gasteiger partial charge in [-0.05, 0) is 42.9 Å². The van der Waals surface area contributed by atoms with E-state index in [1.54, 1.807) is 0 Å². The van der Waals surface area contributed by atoms with Crippen LogP contribution in [0.4, 0.5) is 0 Å². The molecule has 0 aliphatic carbocycles. The van der Waals surface area contributed by atoms with Gasteiger partial charge < -0.3 is 0 Å². The molecule has 0 amide bonds. The topological polar surface area (TPSA) is 12.9 Å². The van der Waals surface area contributed by atoms with Gasteiger partial charge in [0, 0.05) is 11.1 Å². The molecule has 0 saturated carbocycles. The van der Waals surface area contributed by atoms with Crippen LogP contribution in [0.15, 0.2) is 36.4 Å². The normalized spacial score (nSPS) is 10.9. The molecule has 0 atom stereocenters. The fraction of sp³-hybridized carbons (Fsp3) is 0.400. The van der Waals surface area contributed by atoms with Crippen molar-refractivity contribution in [3.63, 3.8) is 0 Å². The van der Waals surface area contributed by atoms with E-state index < -0.39 is 0 Å². The van der Waals surface area contributed by atoms with E-state index in [0.717, 1.165) is 11.9 Å². The molecule has 17 heavy (non-hydrogen) atoms. The summed E-state index contributed by atoms with van der Waals surface area (Å²) in [5.41, 5.74) is 2.35. The Bertz CT molecular complexity index is 467. The average Bonchev–Trinajstić information content (AvgIpc) is 2.38. The molecule has 0 radical (unpaired) electrons. The molecule has 0 saturated heterocycles. The Balaban J connectivity index is 1.90. The molecule has 0 bridgehead atoms. The van der Waals surface area contributed by atoms with Gasteiger partial charge in [-0.1, -0.05) is 31.2 Å². The zero-order valence-electron chi connectivity index (χ0n) is 10.4. The summed E-state index contributed by atoms with van der Waals surface area (Å²) in [7, 11) is 0. The Morgan fingerprint density at radius 3 is 2.82 bits per heavy atom. The van der Waals surface area contributed by atoms with Crippen molar-refractivity contribution < 1.29 is 0 Å². The van der Waals surface area contributed by atoms with Crippen LogP contribution in [-0.4, -0.2) is 16.5 Å². The minimum Gasteiger partial charge on any atom is -0.253 e. The minimum absolute atomic E-state index is 1.11. The number of benzene rings is 1. The third kappa shape index (κ3) is 3.74. The lowest BCUT2D eigenvalue weighted by Gasteiger charge is -2.03. The second-order valence-electron chi connectivity index (χ2n) is 4.15. The number of rotatable bonds is 6. The van der Waals surface area contributed by atoms with Crippen LogP contribution in [0.25, 0.3) is 10.9 Å². The predicted octanol–water partition coefficient (Wildman–Crippen LogP) is 4.31. The fourth-order valence-electron chi connectivity index (χ4n) is 1.90. The first kappa shape index (κ1) is 12.4. The first-order chi connectivity index (χ1) is 8.40. The fourth-order valence-corrected chi connectivity index (χ4v) is 2.60. The van der Waals surface area contributed by atoms with Gasteiger partial charge in [0.05, 0.1) is 5.52 Å². The number of unbranched alkanes of at least 4 members (excludes halogenated alkanes) is 1. The number of aryl methyl sites for hydroxylation is 1. The van der Waals surface area contributed by atoms with Gasteiger partial charge in [0.1, 0.15) is 0 Å². The van der Waals surface area contributed by atoms with Crippen LogP contribution in [0.3, 0.4) is 0 Å². The van der Waals surface area contributed by atoms with E-state index in [2.05, 4.69) is 48.3 Å². The molecule has 1 nitrogen and oxygen atoms in total. The highest BCUT2D eigenvalue weighted by Crippen LogP contribution is 2.13. The first-order valence-electron chi connectivity index (χ1n) is 6.32. The van der Waals surface area contributed by atoms with E-state index in [4.69, 9.17) is 0 Å². The van der Waals surface area contributed by atoms with Crippen molar-refractivity contribution in [3.05, 3.63) is 42.1 Å². The minimum atomic E-state index is 1.11. The maximum atomic E-state index is 4.69. The number of aromatic nitrogens is 1. The van der Waals surface area contributed by atoms with Gasteiger partial charge in [-0.3, -0.25) is 4.98 Å². The van der Waals surface area contributed by atoms with Crippen LogP contribution in [0, 0.1) is 0 Å². The summed E-state index contributed by atoms with van der Waals surface area (Å²) in [5, 5.41) is 1.23. The van der Waals surface area contributed by atoms with Crippen molar-refractivity contribution in [3.8, 4) is 0 Å². The molecular weight excluding hydrogens is 226 g/mol. The van der Waals surface area contributed by atoms with E-state index in [1.807, 2.05) is 11.8 Å². The number of hydrogen-bond donors (Lipinski definition) is 0. The van der Waals surface area contributed by atoms with E-state index in [-0.39, 0.29) is 0 Å². The van der Waals surface area contributed by atoms with E-state index >= 15 is 0 Å². The van der Waals surface area contributed by atoms with Crippen LogP contribution in [0.5, 0.6) is 0 Å². The van der Waals surface area contributed by atoms with Crippen molar-refractivity contribution in [2.45, 2.75) is 26.2 Å². The van der Waals surface area contributed by atoms with Crippen molar-refractivity contribution in [1.29, 1.82) is 0 Å². The zero-order valence-corrected chi connectivity index (χ0v) is 11.2. The Hall–Kier alpha value is -1.02. The molecule has 1 aromatic carbocycles. The van der Waals surface area contributed by atoms with Crippen molar-refractivity contribution in [1.82, 2.24) is 4.98 Å². The second-order valence-corrected chi connectivity index (χ2v) is 5.54. The molecule has 2 rings (SSSR count). The Kier molecular flexibility index (Phi) is 4.87. The summed E-state index contributed by atoms with van der Waals surface area (Å²) in [6.45, 7) is 2.22. The molecule has 1 heterocycles. The molecule has 0 aliphatic heterocycles. The van der Waals surface area contributed by atoms with Gasteiger partial charge in [-0.15, -0.1) is 0 Å². The van der Waals surface area contributed by atoms with Gasteiger partial charge in [0.2, 0.25) is 0 Å². The van der Waals surface area contributed by atoms with Crippen LogP contribution in [-0.2, 0) is 6.42 Å². The summed E-state index contributed by atoms with van der Waals surface area (Å²) < 4.78 is 0. The molecule has 0 unspecified atom stereocenters. The second kappa shape index (κ2) is 6.65. The quantitative estimate of drug-likeness (QED) is 0.703. The number of hydrogen-bond acceptors (Lipinski definition) is 2. The van der Waals surface area contributed by atoms with E-state index in [0.29, 0.717) is 0 Å². The van der Waals surface area contributed by atoms with Gasteiger partial charge in [-0.2, -0.15) is 11.8 Å². The lowest BCUT2D eigenvalue weighted by molar-refractivity contribution is 0.786. The van der Waals surface area contributed by atoms with Crippen LogP contribution in [0.1, 0.15) is 25.5 Å². The van der Waals surface area contributed by atoms with Gasteiger partial charge in [0.25, 0.3) is 0 Å².